The topological polar surface area (TPSA) is 29.1 Å². The number of anilines is 1. The van der Waals surface area contributed by atoms with Crippen molar-refractivity contribution in [3.8, 4) is 0 Å². The van der Waals surface area contributed by atoms with Crippen LogP contribution in [0.4, 0.5) is 5.69 Å². The summed E-state index contributed by atoms with van der Waals surface area (Å²) in [6.07, 6.45) is 1.75. The lowest BCUT2D eigenvalue weighted by atomic mass is 9.83. The van der Waals surface area contributed by atoms with Crippen molar-refractivity contribution in [2.24, 2.45) is 0 Å². The third-order valence-electron chi connectivity index (χ3n) is 3.07. The van der Waals surface area contributed by atoms with E-state index in [-0.39, 0.29) is 0 Å². The Morgan fingerprint density at radius 1 is 1.38 bits per heavy atom. The van der Waals surface area contributed by atoms with Gasteiger partial charge in [-0.1, -0.05) is 12.1 Å². The molecule has 0 aromatic heterocycles. The Balaban J connectivity index is 2.28. The number of benzene rings is 1. The standard InChI is InChI=1S/C11H11NO/c13-10-5-4-7-6-12-9-3-1-2-8(10)11(7)9/h1-3,7,12H,4-6H2/t7-/m0/s1. The van der Waals surface area contributed by atoms with Crippen molar-refractivity contribution in [2.75, 3.05) is 11.9 Å². The molecule has 0 radical (unpaired) electrons. The average Bonchev–Trinajstić information content (AvgIpc) is 2.57. The smallest absolute Gasteiger partial charge is 0.163 e. The van der Waals surface area contributed by atoms with Crippen LogP contribution in [0.5, 0.6) is 0 Å². The highest BCUT2D eigenvalue weighted by Gasteiger charge is 2.31. The predicted molar refractivity (Wildman–Crippen MR) is 51.2 cm³/mol. The molecule has 2 aliphatic rings. The highest BCUT2D eigenvalue weighted by atomic mass is 16.1. The molecular formula is C11H11NO. The van der Waals surface area contributed by atoms with E-state index in [1.165, 1.54) is 11.3 Å². The first-order valence-corrected chi connectivity index (χ1v) is 4.76. The quantitative estimate of drug-likeness (QED) is 0.651. The summed E-state index contributed by atoms with van der Waals surface area (Å²) >= 11 is 0. The Kier molecular flexibility index (Phi) is 1.29. The van der Waals surface area contributed by atoms with Gasteiger partial charge in [-0.15, -0.1) is 0 Å². The molecule has 2 nitrogen and oxygen atoms in total. The van der Waals surface area contributed by atoms with Crippen LogP contribution < -0.4 is 5.32 Å². The van der Waals surface area contributed by atoms with E-state index in [1.807, 2.05) is 12.1 Å². The second-order valence-electron chi connectivity index (χ2n) is 3.81. The maximum absolute atomic E-state index is 11.6. The third kappa shape index (κ3) is 0.857. The molecule has 0 amide bonds. The van der Waals surface area contributed by atoms with E-state index in [0.717, 1.165) is 24.9 Å². The van der Waals surface area contributed by atoms with E-state index in [9.17, 15) is 4.79 Å². The van der Waals surface area contributed by atoms with Crippen molar-refractivity contribution in [1.29, 1.82) is 0 Å². The molecule has 0 fully saturated rings. The Morgan fingerprint density at radius 3 is 3.23 bits per heavy atom. The lowest BCUT2D eigenvalue weighted by Crippen LogP contribution is -2.14. The highest BCUT2D eigenvalue weighted by Crippen LogP contribution is 2.40. The minimum atomic E-state index is 0.316. The van der Waals surface area contributed by atoms with Gasteiger partial charge in [0.1, 0.15) is 0 Å². The number of nitrogens with one attached hydrogen (secondary N) is 1. The highest BCUT2D eigenvalue weighted by molar-refractivity contribution is 6.00. The van der Waals surface area contributed by atoms with Gasteiger partial charge in [0.25, 0.3) is 0 Å². The van der Waals surface area contributed by atoms with Gasteiger partial charge in [-0.2, -0.15) is 0 Å². The van der Waals surface area contributed by atoms with E-state index in [0.29, 0.717) is 11.7 Å². The molecule has 3 rings (SSSR count). The van der Waals surface area contributed by atoms with Crippen LogP contribution in [0.2, 0.25) is 0 Å². The molecule has 1 aromatic carbocycles. The fourth-order valence-corrected chi connectivity index (χ4v) is 2.42. The molecule has 2 heteroatoms. The Hall–Kier alpha value is -1.31. The van der Waals surface area contributed by atoms with Crippen molar-refractivity contribution in [3.05, 3.63) is 29.3 Å². The number of ketones is 1. The first-order valence-electron chi connectivity index (χ1n) is 4.76. The monoisotopic (exact) mass is 173 g/mol. The Morgan fingerprint density at radius 2 is 2.31 bits per heavy atom. The molecular weight excluding hydrogens is 162 g/mol. The van der Waals surface area contributed by atoms with E-state index in [1.54, 1.807) is 0 Å². The van der Waals surface area contributed by atoms with Gasteiger partial charge in [-0.3, -0.25) is 4.79 Å². The fraction of sp³-hybridized carbons (Fsp3) is 0.364. The number of Topliss-reactive ketones (excluding diaryl/α,β-unsaturated/α-hetero) is 1. The molecule has 0 saturated heterocycles. The summed E-state index contributed by atoms with van der Waals surface area (Å²) in [4.78, 5) is 11.6. The van der Waals surface area contributed by atoms with Crippen molar-refractivity contribution >= 4 is 11.5 Å². The van der Waals surface area contributed by atoms with Crippen molar-refractivity contribution in [3.63, 3.8) is 0 Å². The maximum Gasteiger partial charge on any atom is 0.163 e. The zero-order valence-electron chi connectivity index (χ0n) is 7.34. The summed E-state index contributed by atoms with van der Waals surface area (Å²) in [5.74, 6) is 0.903. The van der Waals surface area contributed by atoms with Gasteiger partial charge in [0.2, 0.25) is 0 Å². The SMILES string of the molecule is O=C1CC[C@H]2CNc3cccc1c32. The fourth-order valence-electron chi connectivity index (χ4n) is 2.42. The largest absolute Gasteiger partial charge is 0.384 e. The normalized spacial score (nSPS) is 24.0. The molecule has 1 N–H and O–H groups in total. The Bertz CT molecular complexity index is 384. The number of carbonyl (C=O) groups is 1. The van der Waals surface area contributed by atoms with Gasteiger partial charge in [-0.25, -0.2) is 0 Å². The molecule has 0 saturated carbocycles. The minimum absolute atomic E-state index is 0.316. The predicted octanol–water partition coefficient (Wildman–Crippen LogP) is 2.17. The number of rotatable bonds is 0. The molecule has 1 aromatic rings. The van der Waals surface area contributed by atoms with Gasteiger partial charge in [0.05, 0.1) is 0 Å². The molecule has 1 aliphatic carbocycles. The molecule has 1 heterocycles. The van der Waals surface area contributed by atoms with Crippen LogP contribution in [0, 0.1) is 0 Å². The molecule has 0 unspecified atom stereocenters. The van der Waals surface area contributed by atoms with Crippen molar-refractivity contribution in [1.82, 2.24) is 0 Å². The summed E-state index contributed by atoms with van der Waals surface area (Å²) < 4.78 is 0. The van der Waals surface area contributed by atoms with Crippen LogP contribution in [0.25, 0.3) is 0 Å². The van der Waals surface area contributed by atoms with E-state index >= 15 is 0 Å². The molecule has 1 atom stereocenters. The Labute approximate surface area is 77.0 Å². The van der Waals surface area contributed by atoms with Crippen LogP contribution in [0.15, 0.2) is 18.2 Å². The molecule has 66 valence electrons. The first-order chi connectivity index (χ1) is 6.36. The zero-order valence-corrected chi connectivity index (χ0v) is 7.34. The average molecular weight is 173 g/mol. The lowest BCUT2D eigenvalue weighted by molar-refractivity contribution is 0.0968. The zero-order chi connectivity index (χ0) is 8.84. The van der Waals surface area contributed by atoms with E-state index in [2.05, 4.69) is 11.4 Å². The molecule has 1 aliphatic heterocycles. The van der Waals surface area contributed by atoms with Gasteiger partial charge < -0.3 is 5.32 Å². The summed E-state index contributed by atoms with van der Waals surface area (Å²) in [5.41, 5.74) is 3.41. The maximum atomic E-state index is 11.6. The van der Waals surface area contributed by atoms with Crippen LogP contribution in [0.1, 0.15) is 34.7 Å². The van der Waals surface area contributed by atoms with Crippen LogP contribution in [0.3, 0.4) is 0 Å². The van der Waals surface area contributed by atoms with E-state index in [4.69, 9.17) is 0 Å². The lowest BCUT2D eigenvalue weighted by Gasteiger charge is -2.18. The van der Waals surface area contributed by atoms with Gasteiger partial charge >= 0.3 is 0 Å². The van der Waals surface area contributed by atoms with Crippen molar-refractivity contribution < 1.29 is 4.79 Å². The van der Waals surface area contributed by atoms with Crippen molar-refractivity contribution in [2.45, 2.75) is 18.8 Å². The molecule has 0 bridgehead atoms. The second kappa shape index (κ2) is 2.34. The summed E-state index contributed by atoms with van der Waals surface area (Å²) in [7, 11) is 0. The minimum Gasteiger partial charge on any atom is -0.384 e. The first kappa shape index (κ1) is 7.13. The third-order valence-corrected chi connectivity index (χ3v) is 3.07. The summed E-state index contributed by atoms with van der Waals surface area (Å²) in [5, 5.41) is 3.35. The van der Waals surface area contributed by atoms with Gasteiger partial charge in [-0.05, 0) is 18.1 Å². The molecule has 13 heavy (non-hydrogen) atoms. The van der Waals surface area contributed by atoms with Crippen LogP contribution in [-0.4, -0.2) is 12.3 Å². The van der Waals surface area contributed by atoms with E-state index < -0.39 is 0 Å². The molecule has 0 spiro atoms. The van der Waals surface area contributed by atoms with Crippen LogP contribution >= 0.6 is 0 Å². The number of hydrogen-bond acceptors (Lipinski definition) is 2. The summed E-state index contributed by atoms with van der Waals surface area (Å²) in [6.45, 7) is 1.01. The van der Waals surface area contributed by atoms with Gasteiger partial charge in [0, 0.05) is 30.1 Å². The summed E-state index contributed by atoms with van der Waals surface area (Å²) in [6, 6.07) is 5.99. The second-order valence-corrected chi connectivity index (χ2v) is 3.81. The number of hydrogen-bond donors (Lipinski definition) is 1. The van der Waals surface area contributed by atoms with Gasteiger partial charge in [0.15, 0.2) is 5.78 Å². The number of carbonyl (C=O) groups excluding carboxylic acids is 1. The van der Waals surface area contributed by atoms with Crippen LogP contribution in [-0.2, 0) is 0 Å².